The number of nitriles is 1. The maximum atomic E-state index is 16.0. The van der Waals surface area contributed by atoms with E-state index in [9.17, 15) is 13.9 Å². The van der Waals surface area contributed by atoms with Gasteiger partial charge in [-0.1, -0.05) is 18.7 Å². The zero-order valence-electron chi connectivity index (χ0n) is 19.1. The molecule has 0 saturated carbocycles. The van der Waals surface area contributed by atoms with Gasteiger partial charge in [-0.05, 0) is 64.7 Å². The minimum atomic E-state index is -4.20. The van der Waals surface area contributed by atoms with Gasteiger partial charge in [0.25, 0.3) is 0 Å². The van der Waals surface area contributed by atoms with Gasteiger partial charge in [0.1, 0.15) is 28.8 Å². The predicted octanol–water partition coefficient (Wildman–Crippen LogP) is 4.80. The molecule has 0 spiro atoms. The molecule has 0 saturated heterocycles. The van der Waals surface area contributed by atoms with Crippen LogP contribution in [0, 0.1) is 23.0 Å². The number of halogens is 4. The Kier molecular flexibility index (Phi) is 7.42. The largest absolute Gasteiger partial charge is 0.456 e. The van der Waals surface area contributed by atoms with Gasteiger partial charge in [0.05, 0.1) is 24.4 Å². The first-order valence-corrected chi connectivity index (χ1v) is 11.8. The van der Waals surface area contributed by atoms with E-state index in [0.717, 1.165) is 40.8 Å². The first kappa shape index (κ1) is 26.1. The lowest BCUT2D eigenvalue weighted by atomic mass is 9.84. The molecule has 8 nitrogen and oxygen atoms in total. The van der Waals surface area contributed by atoms with Crippen molar-refractivity contribution in [2.24, 2.45) is 0 Å². The Bertz CT molecular complexity index is 1430. The van der Waals surface area contributed by atoms with Gasteiger partial charge in [-0.3, -0.25) is 4.98 Å². The first-order valence-electron chi connectivity index (χ1n) is 10.8. The number of thioether (sulfide) groups is 1. The van der Waals surface area contributed by atoms with Crippen molar-refractivity contribution in [2.45, 2.75) is 30.1 Å². The standard InChI is InChI=1S/C24H18F4N6O2S/c1-2-37-22-31-32-33-34(22)14-23(35,19-9-5-16(25)11-20(19)26)24(27,28)21-10-8-18(13-30-21)36-17-6-3-15(12-29)4-7-17/h3-11,13,35H,2,14H2,1H3. The number of hydrogen-bond acceptors (Lipinski definition) is 8. The molecule has 4 aromatic rings. The molecule has 2 aromatic carbocycles. The van der Waals surface area contributed by atoms with Crippen molar-refractivity contribution in [3.8, 4) is 17.6 Å². The monoisotopic (exact) mass is 530 g/mol. The highest BCUT2D eigenvalue weighted by Crippen LogP contribution is 2.47. The maximum Gasteiger partial charge on any atom is 0.323 e. The van der Waals surface area contributed by atoms with Crippen LogP contribution >= 0.6 is 11.8 Å². The number of rotatable bonds is 9. The Morgan fingerprint density at radius 1 is 1.08 bits per heavy atom. The number of hydrogen-bond donors (Lipinski definition) is 1. The summed E-state index contributed by atoms with van der Waals surface area (Å²) in [6.07, 6.45) is 1.01. The molecule has 1 unspecified atom stereocenters. The van der Waals surface area contributed by atoms with Gasteiger partial charge in [-0.2, -0.15) is 14.0 Å². The van der Waals surface area contributed by atoms with Gasteiger partial charge < -0.3 is 9.84 Å². The van der Waals surface area contributed by atoms with Crippen molar-refractivity contribution in [3.05, 3.63) is 89.2 Å². The van der Waals surface area contributed by atoms with E-state index >= 15 is 8.78 Å². The molecule has 1 atom stereocenters. The fourth-order valence-electron chi connectivity index (χ4n) is 3.50. The zero-order valence-corrected chi connectivity index (χ0v) is 20.0. The first-order chi connectivity index (χ1) is 17.7. The molecular formula is C24H18F4N6O2S. The quantitative estimate of drug-likeness (QED) is 0.243. The Labute approximate surface area is 212 Å². The van der Waals surface area contributed by atoms with Crippen LogP contribution in [0.1, 0.15) is 23.7 Å². The number of nitrogens with zero attached hydrogens (tertiary/aromatic N) is 6. The van der Waals surface area contributed by atoms with Crippen molar-refractivity contribution < 1.29 is 27.4 Å². The summed E-state index contributed by atoms with van der Waals surface area (Å²) in [5.41, 5.74) is -4.60. The average molecular weight is 531 g/mol. The van der Waals surface area contributed by atoms with Crippen molar-refractivity contribution >= 4 is 11.8 Å². The molecule has 1 N–H and O–H groups in total. The molecule has 4 rings (SSSR count). The molecular weight excluding hydrogens is 512 g/mol. The van der Waals surface area contributed by atoms with Gasteiger partial charge >= 0.3 is 5.92 Å². The Hall–Kier alpha value is -4.02. The van der Waals surface area contributed by atoms with Crippen LogP contribution in [0.15, 0.2) is 66.0 Å². The summed E-state index contributed by atoms with van der Waals surface area (Å²) in [6.45, 7) is 0.832. The van der Waals surface area contributed by atoms with Crippen LogP contribution in [0.3, 0.4) is 0 Å². The molecule has 0 aliphatic carbocycles. The van der Waals surface area contributed by atoms with Crippen molar-refractivity contribution in [1.29, 1.82) is 5.26 Å². The Morgan fingerprint density at radius 3 is 2.43 bits per heavy atom. The topological polar surface area (TPSA) is 110 Å². The van der Waals surface area contributed by atoms with E-state index in [1.807, 2.05) is 6.07 Å². The molecule has 0 aliphatic heterocycles. The predicted molar refractivity (Wildman–Crippen MR) is 124 cm³/mol. The molecule has 37 heavy (non-hydrogen) atoms. The van der Waals surface area contributed by atoms with Crippen LogP contribution in [-0.2, 0) is 18.1 Å². The van der Waals surface area contributed by atoms with E-state index < -0.39 is 41.0 Å². The summed E-state index contributed by atoms with van der Waals surface area (Å²) in [5, 5.41) is 31.3. The van der Waals surface area contributed by atoms with Crippen LogP contribution in [-0.4, -0.2) is 36.1 Å². The third-order valence-corrected chi connectivity index (χ3v) is 6.16. The number of pyridine rings is 1. The normalized spacial score (nSPS) is 13.1. The highest BCUT2D eigenvalue weighted by molar-refractivity contribution is 7.99. The molecule has 2 aromatic heterocycles. The van der Waals surface area contributed by atoms with Gasteiger partial charge in [0, 0.05) is 11.6 Å². The van der Waals surface area contributed by atoms with Crippen molar-refractivity contribution in [3.63, 3.8) is 0 Å². The van der Waals surface area contributed by atoms with E-state index in [-0.39, 0.29) is 10.9 Å². The molecule has 0 radical (unpaired) electrons. The van der Waals surface area contributed by atoms with E-state index in [0.29, 0.717) is 23.1 Å². The second-order valence-corrected chi connectivity index (χ2v) is 8.96. The number of benzene rings is 2. The molecule has 2 heterocycles. The third kappa shape index (κ3) is 5.25. The van der Waals surface area contributed by atoms with Crippen molar-refractivity contribution in [2.75, 3.05) is 5.75 Å². The maximum absolute atomic E-state index is 16.0. The van der Waals surface area contributed by atoms with Crippen LogP contribution < -0.4 is 4.74 Å². The van der Waals surface area contributed by atoms with Crippen LogP contribution in [0.5, 0.6) is 11.5 Å². The van der Waals surface area contributed by atoms with E-state index in [1.54, 1.807) is 6.92 Å². The number of ether oxygens (including phenoxy) is 1. The minimum absolute atomic E-state index is 0.0999. The molecule has 0 bridgehead atoms. The van der Waals surface area contributed by atoms with Crippen LogP contribution in [0.25, 0.3) is 0 Å². The third-order valence-electron chi connectivity index (χ3n) is 5.32. The molecule has 0 aliphatic rings. The van der Waals surface area contributed by atoms with Gasteiger partial charge in [-0.15, -0.1) is 5.10 Å². The SMILES string of the molecule is CCSc1nnnn1CC(O)(c1ccc(F)cc1F)C(F)(F)c1ccc(Oc2ccc(C#N)cc2)cn1. The van der Waals surface area contributed by atoms with E-state index in [1.165, 1.54) is 30.3 Å². The number of alkyl halides is 2. The lowest BCUT2D eigenvalue weighted by molar-refractivity contribution is -0.208. The van der Waals surface area contributed by atoms with E-state index in [4.69, 9.17) is 10.00 Å². The Morgan fingerprint density at radius 2 is 1.81 bits per heavy atom. The summed E-state index contributed by atoms with van der Waals surface area (Å²) in [5.74, 6) is -5.63. The zero-order chi connectivity index (χ0) is 26.6. The highest BCUT2D eigenvalue weighted by atomic mass is 32.2. The summed E-state index contributed by atoms with van der Waals surface area (Å²) in [4.78, 5) is 3.76. The lowest BCUT2D eigenvalue weighted by Crippen LogP contribution is -2.48. The van der Waals surface area contributed by atoms with Gasteiger partial charge in [0.15, 0.2) is 5.60 Å². The second kappa shape index (κ2) is 10.5. The molecule has 190 valence electrons. The number of aliphatic hydroxyl groups is 1. The van der Waals surface area contributed by atoms with Crippen LogP contribution in [0.4, 0.5) is 17.6 Å². The summed E-state index contributed by atoms with van der Waals surface area (Å²) >= 11 is 1.13. The van der Waals surface area contributed by atoms with Crippen molar-refractivity contribution in [1.82, 2.24) is 25.2 Å². The number of aromatic nitrogens is 5. The van der Waals surface area contributed by atoms with Gasteiger partial charge in [0.2, 0.25) is 5.16 Å². The van der Waals surface area contributed by atoms with Crippen LogP contribution in [0.2, 0.25) is 0 Å². The minimum Gasteiger partial charge on any atom is -0.456 e. The molecule has 13 heteroatoms. The average Bonchev–Trinajstić information content (AvgIpc) is 3.31. The Balaban J connectivity index is 1.71. The second-order valence-electron chi connectivity index (χ2n) is 7.73. The number of tetrazole rings is 1. The van der Waals surface area contributed by atoms with E-state index in [2.05, 4.69) is 20.5 Å². The summed E-state index contributed by atoms with van der Waals surface area (Å²) in [6, 6.07) is 12.1. The summed E-state index contributed by atoms with van der Waals surface area (Å²) in [7, 11) is 0. The lowest BCUT2D eigenvalue weighted by Gasteiger charge is -2.36. The summed E-state index contributed by atoms with van der Waals surface area (Å²) < 4.78 is 66.8. The fourth-order valence-corrected chi connectivity index (χ4v) is 4.10. The highest BCUT2D eigenvalue weighted by Gasteiger charge is 2.58. The smallest absolute Gasteiger partial charge is 0.323 e. The molecule has 0 amide bonds. The molecule has 0 fully saturated rings. The fraction of sp³-hybridized carbons (Fsp3) is 0.208. The van der Waals surface area contributed by atoms with Gasteiger partial charge in [-0.25, -0.2) is 13.5 Å².